The fraction of sp³-hybridized carbons (Fsp3) is 0.286. The third-order valence-corrected chi connectivity index (χ3v) is 2.72. The molecule has 1 aromatic heterocycles. The highest BCUT2D eigenvalue weighted by atomic mass is 19.1. The Morgan fingerprint density at radius 1 is 1.24 bits per heavy atom. The van der Waals surface area contributed by atoms with Crippen LogP contribution in [0.2, 0.25) is 0 Å². The second-order valence-electron chi connectivity index (χ2n) is 4.44. The van der Waals surface area contributed by atoms with Gasteiger partial charge in [0.1, 0.15) is 5.82 Å². The molecule has 1 heterocycles. The van der Waals surface area contributed by atoms with Crippen molar-refractivity contribution in [2.45, 2.75) is 25.9 Å². The zero-order valence-corrected chi connectivity index (χ0v) is 9.94. The van der Waals surface area contributed by atoms with Crippen molar-refractivity contribution in [3.05, 3.63) is 59.7 Å². The average molecular weight is 232 g/mol. The number of hydrogen-bond acceptors (Lipinski definition) is 1. The van der Waals surface area contributed by atoms with E-state index in [2.05, 4.69) is 10.6 Å². The summed E-state index contributed by atoms with van der Waals surface area (Å²) in [7, 11) is 0. The van der Waals surface area contributed by atoms with E-state index < -0.39 is 0 Å². The van der Waals surface area contributed by atoms with Crippen LogP contribution < -0.4 is 5.73 Å². The summed E-state index contributed by atoms with van der Waals surface area (Å²) in [4.78, 5) is 0. The van der Waals surface area contributed by atoms with E-state index in [1.807, 2.05) is 31.3 Å². The molecule has 0 saturated carbocycles. The molecule has 1 atom stereocenters. The van der Waals surface area contributed by atoms with Crippen LogP contribution in [0.3, 0.4) is 0 Å². The van der Waals surface area contributed by atoms with Crippen LogP contribution >= 0.6 is 0 Å². The van der Waals surface area contributed by atoms with Crippen LogP contribution in [-0.2, 0) is 13.0 Å². The predicted octanol–water partition coefficient (Wildman–Crippen LogP) is 2.57. The third kappa shape index (κ3) is 3.17. The molecule has 2 aromatic rings. The molecule has 1 unspecified atom stereocenters. The van der Waals surface area contributed by atoms with Crippen LogP contribution in [0.25, 0.3) is 0 Å². The van der Waals surface area contributed by atoms with Crippen molar-refractivity contribution in [1.29, 1.82) is 0 Å². The Labute approximate surface area is 101 Å². The molecule has 2 rings (SSSR count). The van der Waals surface area contributed by atoms with E-state index in [1.165, 1.54) is 17.8 Å². The van der Waals surface area contributed by atoms with Gasteiger partial charge in [0.25, 0.3) is 0 Å². The van der Waals surface area contributed by atoms with Gasteiger partial charge in [-0.05, 0) is 36.8 Å². The van der Waals surface area contributed by atoms with Crippen LogP contribution in [0.15, 0.2) is 42.6 Å². The molecule has 90 valence electrons. The molecule has 0 spiro atoms. The molecule has 2 nitrogen and oxygen atoms in total. The first-order chi connectivity index (χ1) is 8.15. The minimum atomic E-state index is -0.197. The number of hydrogen-bond donors (Lipinski definition) is 1. The van der Waals surface area contributed by atoms with Crippen molar-refractivity contribution in [1.82, 2.24) is 4.57 Å². The fourth-order valence-electron chi connectivity index (χ4n) is 1.91. The van der Waals surface area contributed by atoms with E-state index in [-0.39, 0.29) is 11.9 Å². The Hall–Kier alpha value is -1.61. The summed E-state index contributed by atoms with van der Waals surface area (Å²) in [5, 5.41) is 0. The van der Waals surface area contributed by atoms with Crippen molar-refractivity contribution in [3.63, 3.8) is 0 Å². The minimum absolute atomic E-state index is 0.150. The zero-order chi connectivity index (χ0) is 12.3. The van der Waals surface area contributed by atoms with Crippen LogP contribution in [0.1, 0.15) is 18.2 Å². The zero-order valence-electron chi connectivity index (χ0n) is 9.94. The van der Waals surface area contributed by atoms with Crippen LogP contribution in [0, 0.1) is 5.82 Å². The van der Waals surface area contributed by atoms with E-state index in [1.54, 1.807) is 0 Å². The van der Waals surface area contributed by atoms with E-state index in [9.17, 15) is 4.39 Å². The highest BCUT2D eigenvalue weighted by Gasteiger charge is 2.04. The Morgan fingerprint density at radius 3 is 2.59 bits per heavy atom. The van der Waals surface area contributed by atoms with Gasteiger partial charge in [-0.25, -0.2) is 4.39 Å². The van der Waals surface area contributed by atoms with Crippen LogP contribution in [0.5, 0.6) is 0 Å². The molecule has 0 amide bonds. The molecule has 0 fully saturated rings. The molecule has 3 heteroatoms. The van der Waals surface area contributed by atoms with Crippen molar-refractivity contribution in [2.24, 2.45) is 5.73 Å². The standard InChI is InChI=1S/C14H17FN2/c1-11(16)9-14-3-2-8-17(14)10-12-4-6-13(15)7-5-12/h2-8,11H,9-10,16H2,1H3. The summed E-state index contributed by atoms with van der Waals surface area (Å²) in [6.07, 6.45) is 2.88. The lowest BCUT2D eigenvalue weighted by Crippen LogP contribution is -2.20. The third-order valence-electron chi connectivity index (χ3n) is 2.72. The maximum Gasteiger partial charge on any atom is 0.123 e. The lowest BCUT2D eigenvalue weighted by Gasteiger charge is -2.11. The molecule has 0 bridgehead atoms. The van der Waals surface area contributed by atoms with E-state index in [0.717, 1.165) is 18.5 Å². The van der Waals surface area contributed by atoms with Crippen molar-refractivity contribution < 1.29 is 4.39 Å². The number of benzene rings is 1. The fourth-order valence-corrected chi connectivity index (χ4v) is 1.91. The maximum absolute atomic E-state index is 12.8. The van der Waals surface area contributed by atoms with Crippen molar-refractivity contribution in [3.8, 4) is 0 Å². The predicted molar refractivity (Wildman–Crippen MR) is 67.3 cm³/mol. The number of nitrogens with zero attached hydrogens (tertiary/aromatic N) is 1. The van der Waals surface area contributed by atoms with Gasteiger partial charge in [0, 0.05) is 30.9 Å². The SMILES string of the molecule is CC(N)Cc1cccn1Cc1ccc(F)cc1. The molecule has 0 aliphatic heterocycles. The lowest BCUT2D eigenvalue weighted by molar-refractivity contribution is 0.625. The van der Waals surface area contributed by atoms with Gasteiger partial charge in [0.2, 0.25) is 0 Å². The summed E-state index contributed by atoms with van der Waals surface area (Å²) in [5.74, 6) is -0.197. The molecule has 2 N–H and O–H groups in total. The summed E-state index contributed by atoms with van der Waals surface area (Å²) in [6.45, 7) is 2.75. The van der Waals surface area contributed by atoms with Crippen LogP contribution in [0.4, 0.5) is 4.39 Å². The van der Waals surface area contributed by atoms with Gasteiger partial charge in [-0.3, -0.25) is 0 Å². The van der Waals surface area contributed by atoms with E-state index >= 15 is 0 Å². The topological polar surface area (TPSA) is 30.9 Å². The van der Waals surface area contributed by atoms with E-state index in [0.29, 0.717) is 0 Å². The summed E-state index contributed by atoms with van der Waals surface area (Å²) < 4.78 is 14.9. The van der Waals surface area contributed by atoms with Gasteiger partial charge in [-0.2, -0.15) is 0 Å². The van der Waals surface area contributed by atoms with Gasteiger partial charge >= 0.3 is 0 Å². The van der Waals surface area contributed by atoms with Crippen LogP contribution in [-0.4, -0.2) is 10.6 Å². The monoisotopic (exact) mass is 232 g/mol. The second-order valence-corrected chi connectivity index (χ2v) is 4.44. The number of halogens is 1. The smallest absolute Gasteiger partial charge is 0.123 e. The Bertz CT molecular complexity index is 471. The molecule has 0 aliphatic carbocycles. The maximum atomic E-state index is 12.8. The Morgan fingerprint density at radius 2 is 1.94 bits per heavy atom. The Kier molecular flexibility index (Phi) is 3.59. The minimum Gasteiger partial charge on any atom is -0.347 e. The lowest BCUT2D eigenvalue weighted by atomic mass is 10.2. The highest BCUT2D eigenvalue weighted by molar-refractivity contribution is 5.18. The summed E-state index contributed by atoms with van der Waals surface area (Å²) in [5.41, 5.74) is 8.11. The Balaban J connectivity index is 2.13. The molecule has 17 heavy (non-hydrogen) atoms. The van der Waals surface area contributed by atoms with Gasteiger partial charge in [-0.15, -0.1) is 0 Å². The van der Waals surface area contributed by atoms with Gasteiger partial charge in [0.05, 0.1) is 0 Å². The first-order valence-corrected chi connectivity index (χ1v) is 5.79. The van der Waals surface area contributed by atoms with Crippen molar-refractivity contribution in [2.75, 3.05) is 0 Å². The first kappa shape index (κ1) is 11.9. The number of nitrogens with two attached hydrogens (primary N) is 1. The molecular weight excluding hydrogens is 215 g/mol. The van der Waals surface area contributed by atoms with Crippen molar-refractivity contribution >= 4 is 0 Å². The quantitative estimate of drug-likeness (QED) is 0.863. The number of aromatic nitrogens is 1. The van der Waals surface area contributed by atoms with Gasteiger partial charge < -0.3 is 10.3 Å². The van der Waals surface area contributed by atoms with Gasteiger partial charge in [-0.1, -0.05) is 12.1 Å². The summed E-state index contributed by atoms with van der Waals surface area (Å²) >= 11 is 0. The summed E-state index contributed by atoms with van der Waals surface area (Å²) in [6, 6.07) is 10.8. The first-order valence-electron chi connectivity index (χ1n) is 5.79. The van der Waals surface area contributed by atoms with E-state index in [4.69, 9.17) is 5.73 Å². The second kappa shape index (κ2) is 5.15. The molecule has 1 aromatic carbocycles. The van der Waals surface area contributed by atoms with Gasteiger partial charge in [0.15, 0.2) is 0 Å². The molecule has 0 radical (unpaired) electrons. The molecular formula is C14H17FN2. The highest BCUT2D eigenvalue weighted by Crippen LogP contribution is 2.10. The largest absolute Gasteiger partial charge is 0.347 e. The molecule has 0 aliphatic rings. The number of rotatable bonds is 4. The average Bonchev–Trinajstić information content (AvgIpc) is 2.68. The molecule has 0 saturated heterocycles. The normalized spacial score (nSPS) is 12.6.